The van der Waals surface area contributed by atoms with Gasteiger partial charge in [-0.05, 0) is 33.8 Å². The maximum absolute atomic E-state index is 12.6. The van der Waals surface area contributed by atoms with Crippen molar-refractivity contribution in [2.75, 3.05) is 13.1 Å². The number of H-pyrrole nitrogens is 1. The van der Waals surface area contributed by atoms with E-state index >= 15 is 0 Å². The van der Waals surface area contributed by atoms with Crippen LogP contribution in [0.15, 0.2) is 30.3 Å². The molecule has 0 aliphatic rings. The van der Waals surface area contributed by atoms with E-state index in [1.54, 1.807) is 6.07 Å². The number of rotatable bonds is 6. The molecule has 0 fully saturated rings. The highest BCUT2D eigenvalue weighted by Gasteiger charge is 2.20. The number of nitrogens with zero attached hydrogens (tertiary/aromatic N) is 2. The zero-order chi connectivity index (χ0) is 17.7. The minimum Gasteiger partial charge on any atom is -0.352 e. The molecule has 0 unspecified atom stereocenters. The lowest BCUT2D eigenvalue weighted by molar-refractivity contribution is -0.122. The van der Waals surface area contributed by atoms with E-state index in [-0.39, 0.29) is 24.4 Å². The van der Waals surface area contributed by atoms with Crippen molar-refractivity contribution in [3.63, 3.8) is 0 Å². The van der Waals surface area contributed by atoms with E-state index in [2.05, 4.69) is 15.5 Å². The van der Waals surface area contributed by atoms with Crippen molar-refractivity contribution in [1.29, 1.82) is 0 Å². The van der Waals surface area contributed by atoms with Crippen molar-refractivity contribution in [3.8, 4) is 11.3 Å². The van der Waals surface area contributed by atoms with Gasteiger partial charge in [0.15, 0.2) is 0 Å². The number of hydrogen-bond acceptors (Lipinski definition) is 3. The summed E-state index contributed by atoms with van der Waals surface area (Å²) in [5.41, 5.74) is 3.20. The molecule has 128 valence electrons. The van der Waals surface area contributed by atoms with E-state index in [9.17, 15) is 9.59 Å². The average Bonchev–Trinajstić information content (AvgIpc) is 3.02. The first-order valence-corrected chi connectivity index (χ1v) is 8.11. The van der Waals surface area contributed by atoms with E-state index in [4.69, 9.17) is 0 Å². The standard InChI is InChI=1S/C18H24N4O2/c1-5-22(11-17(23)19-12(2)3)18(24)16-10-15(20-21-16)14-8-6-13(4)7-9-14/h6-10,12H,5,11H2,1-4H3,(H,19,23)(H,20,21). The van der Waals surface area contributed by atoms with Gasteiger partial charge in [-0.1, -0.05) is 29.8 Å². The van der Waals surface area contributed by atoms with E-state index in [0.29, 0.717) is 17.9 Å². The normalized spacial score (nSPS) is 10.7. The molecule has 2 N–H and O–H groups in total. The van der Waals surface area contributed by atoms with Gasteiger partial charge in [-0.15, -0.1) is 0 Å². The van der Waals surface area contributed by atoms with Crippen LogP contribution in [0.3, 0.4) is 0 Å². The lowest BCUT2D eigenvalue weighted by Gasteiger charge is -2.20. The van der Waals surface area contributed by atoms with Gasteiger partial charge >= 0.3 is 0 Å². The highest BCUT2D eigenvalue weighted by Crippen LogP contribution is 2.18. The number of aryl methyl sites for hydroxylation is 1. The van der Waals surface area contributed by atoms with E-state index in [1.807, 2.05) is 52.0 Å². The quantitative estimate of drug-likeness (QED) is 0.854. The Labute approximate surface area is 142 Å². The second-order valence-electron chi connectivity index (χ2n) is 6.07. The van der Waals surface area contributed by atoms with E-state index < -0.39 is 0 Å². The Balaban J connectivity index is 2.11. The van der Waals surface area contributed by atoms with Crippen LogP contribution in [0.5, 0.6) is 0 Å². The van der Waals surface area contributed by atoms with Gasteiger partial charge in [0.25, 0.3) is 5.91 Å². The lowest BCUT2D eigenvalue weighted by atomic mass is 10.1. The summed E-state index contributed by atoms with van der Waals surface area (Å²) in [5, 5.41) is 9.77. The average molecular weight is 328 g/mol. The molecule has 2 aromatic rings. The molecular formula is C18H24N4O2. The second kappa shape index (κ2) is 7.77. The van der Waals surface area contributed by atoms with Gasteiger partial charge in [-0.25, -0.2) is 0 Å². The molecular weight excluding hydrogens is 304 g/mol. The summed E-state index contributed by atoms with van der Waals surface area (Å²) in [6.45, 7) is 8.12. The maximum Gasteiger partial charge on any atom is 0.272 e. The predicted molar refractivity (Wildman–Crippen MR) is 93.6 cm³/mol. The van der Waals surface area contributed by atoms with Crippen molar-refractivity contribution in [2.45, 2.75) is 33.7 Å². The van der Waals surface area contributed by atoms with Gasteiger partial charge in [0.05, 0.1) is 12.2 Å². The zero-order valence-electron chi connectivity index (χ0n) is 14.6. The Morgan fingerprint density at radius 3 is 2.50 bits per heavy atom. The molecule has 1 heterocycles. The number of hydrogen-bond donors (Lipinski definition) is 2. The molecule has 0 radical (unpaired) electrons. The molecule has 0 aliphatic heterocycles. The van der Waals surface area contributed by atoms with Gasteiger partial charge < -0.3 is 10.2 Å². The first-order chi connectivity index (χ1) is 11.4. The van der Waals surface area contributed by atoms with Crippen LogP contribution in [0, 0.1) is 6.92 Å². The number of aromatic nitrogens is 2. The van der Waals surface area contributed by atoms with Crippen molar-refractivity contribution >= 4 is 11.8 Å². The molecule has 6 heteroatoms. The molecule has 0 saturated carbocycles. The molecule has 2 amide bonds. The molecule has 24 heavy (non-hydrogen) atoms. The van der Waals surface area contributed by atoms with Gasteiger partial charge in [-0.3, -0.25) is 14.7 Å². The minimum absolute atomic E-state index is 0.0341. The largest absolute Gasteiger partial charge is 0.352 e. The van der Waals surface area contributed by atoms with Crippen LogP contribution < -0.4 is 5.32 Å². The Kier molecular flexibility index (Phi) is 5.73. The molecule has 1 aromatic heterocycles. The number of carbonyl (C=O) groups is 2. The summed E-state index contributed by atoms with van der Waals surface area (Å²) in [6.07, 6.45) is 0. The fraction of sp³-hybridized carbons (Fsp3) is 0.389. The van der Waals surface area contributed by atoms with E-state index in [1.165, 1.54) is 10.5 Å². The number of amides is 2. The van der Waals surface area contributed by atoms with E-state index in [0.717, 1.165) is 5.56 Å². The SMILES string of the molecule is CCN(CC(=O)NC(C)C)C(=O)c1cc(-c2ccc(C)cc2)n[nH]1. The van der Waals surface area contributed by atoms with Crippen molar-refractivity contribution in [1.82, 2.24) is 20.4 Å². The Morgan fingerprint density at radius 2 is 1.92 bits per heavy atom. The van der Waals surface area contributed by atoms with Crippen molar-refractivity contribution in [2.24, 2.45) is 0 Å². The number of likely N-dealkylation sites (N-methyl/N-ethyl adjacent to an activating group) is 1. The molecule has 0 saturated heterocycles. The number of nitrogens with one attached hydrogen (secondary N) is 2. The van der Waals surface area contributed by atoms with Crippen LogP contribution in [-0.2, 0) is 4.79 Å². The lowest BCUT2D eigenvalue weighted by Crippen LogP contribution is -2.42. The third kappa shape index (κ3) is 4.44. The van der Waals surface area contributed by atoms with Crippen LogP contribution in [0.2, 0.25) is 0 Å². The van der Waals surface area contributed by atoms with Gasteiger partial charge in [-0.2, -0.15) is 5.10 Å². The maximum atomic E-state index is 12.6. The Bertz CT molecular complexity index is 704. The number of aromatic amines is 1. The summed E-state index contributed by atoms with van der Waals surface area (Å²) in [4.78, 5) is 25.9. The first kappa shape index (κ1) is 17.7. The van der Waals surface area contributed by atoms with Crippen LogP contribution in [-0.4, -0.2) is 46.0 Å². The number of benzene rings is 1. The number of carbonyl (C=O) groups excluding carboxylic acids is 2. The highest BCUT2D eigenvalue weighted by molar-refractivity contribution is 5.95. The smallest absolute Gasteiger partial charge is 0.272 e. The Morgan fingerprint density at radius 1 is 1.25 bits per heavy atom. The van der Waals surface area contributed by atoms with Crippen molar-refractivity contribution < 1.29 is 9.59 Å². The summed E-state index contributed by atoms with van der Waals surface area (Å²) < 4.78 is 0. The highest BCUT2D eigenvalue weighted by atomic mass is 16.2. The molecule has 0 bridgehead atoms. The van der Waals surface area contributed by atoms with Crippen molar-refractivity contribution in [3.05, 3.63) is 41.6 Å². The monoisotopic (exact) mass is 328 g/mol. The van der Waals surface area contributed by atoms with Crippen LogP contribution in [0.4, 0.5) is 0 Å². The fourth-order valence-electron chi connectivity index (χ4n) is 2.34. The second-order valence-corrected chi connectivity index (χ2v) is 6.07. The molecule has 2 rings (SSSR count). The van der Waals surface area contributed by atoms with Gasteiger partial charge in [0.1, 0.15) is 5.69 Å². The molecule has 1 aromatic carbocycles. The van der Waals surface area contributed by atoms with Crippen LogP contribution >= 0.6 is 0 Å². The van der Waals surface area contributed by atoms with Gasteiger partial charge in [0, 0.05) is 18.2 Å². The predicted octanol–water partition coefficient (Wildman–Crippen LogP) is 2.37. The third-order valence-corrected chi connectivity index (χ3v) is 3.61. The van der Waals surface area contributed by atoms with Gasteiger partial charge in [0.2, 0.25) is 5.91 Å². The molecule has 6 nitrogen and oxygen atoms in total. The molecule has 0 spiro atoms. The summed E-state index contributed by atoms with van der Waals surface area (Å²) in [5.74, 6) is -0.402. The first-order valence-electron chi connectivity index (χ1n) is 8.11. The zero-order valence-corrected chi connectivity index (χ0v) is 14.6. The topological polar surface area (TPSA) is 78.1 Å². The van der Waals surface area contributed by atoms with Crippen LogP contribution in [0.1, 0.15) is 36.8 Å². The summed E-state index contributed by atoms with van der Waals surface area (Å²) in [6, 6.07) is 9.70. The Hall–Kier alpha value is -2.63. The fourth-order valence-corrected chi connectivity index (χ4v) is 2.34. The minimum atomic E-state index is -0.234. The summed E-state index contributed by atoms with van der Waals surface area (Å²) in [7, 11) is 0. The summed E-state index contributed by atoms with van der Waals surface area (Å²) >= 11 is 0. The third-order valence-electron chi connectivity index (χ3n) is 3.61. The molecule has 0 atom stereocenters. The molecule has 0 aliphatic carbocycles. The van der Waals surface area contributed by atoms with Crippen LogP contribution in [0.25, 0.3) is 11.3 Å².